The fourth-order valence-electron chi connectivity index (χ4n) is 2.35. The lowest BCUT2D eigenvalue weighted by Crippen LogP contribution is -2.22. The quantitative estimate of drug-likeness (QED) is 0.795. The van der Waals surface area contributed by atoms with Gasteiger partial charge in [-0.15, -0.1) is 11.3 Å². The summed E-state index contributed by atoms with van der Waals surface area (Å²) in [5, 5.41) is 12.9. The van der Waals surface area contributed by atoms with Crippen LogP contribution in [-0.4, -0.2) is 5.91 Å². The number of benzene rings is 2. The normalized spacial score (nSPS) is 10.4. The number of nitrogens with zero attached hydrogens (tertiary/aromatic N) is 1. The van der Waals surface area contributed by atoms with Crippen LogP contribution in [0.5, 0.6) is 0 Å². The van der Waals surface area contributed by atoms with Gasteiger partial charge in [-0.05, 0) is 41.6 Å². The molecule has 0 spiro atoms. The third kappa shape index (κ3) is 2.72. The van der Waals surface area contributed by atoms with Crippen LogP contribution in [0.2, 0.25) is 0 Å². The van der Waals surface area contributed by atoms with Gasteiger partial charge in [0.05, 0.1) is 16.5 Å². The minimum absolute atomic E-state index is 0.0527. The van der Waals surface area contributed by atoms with Crippen molar-refractivity contribution in [3.63, 3.8) is 0 Å². The molecule has 1 heterocycles. The van der Waals surface area contributed by atoms with Crippen LogP contribution in [0.3, 0.4) is 0 Å². The average molecular weight is 306 g/mol. The number of hydrogen-bond acceptors (Lipinski definition) is 3. The number of fused-ring (bicyclic) bond motifs is 1. The number of rotatable bonds is 3. The van der Waals surface area contributed by atoms with E-state index in [2.05, 4.69) is 11.4 Å². The molecular weight excluding hydrogens is 292 g/mol. The second-order valence-corrected chi connectivity index (χ2v) is 6.10. The lowest BCUT2D eigenvalue weighted by Gasteiger charge is -2.05. The summed E-state index contributed by atoms with van der Waals surface area (Å²) < 4.78 is 1.13. The van der Waals surface area contributed by atoms with Crippen molar-refractivity contribution in [1.82, 2.24) is 5.32 Å². The van der Waals surface area contributed by atoms with Crippen LogP contribution in [-0.2, 0) is 6.54 Å². The van der Waals surface area contributed by atoms with Crippen molar-refractivity contribution in [1.29, 1.82) is 5.26 Å². The molecule has 3 aromatic rings. The number of aryl methyl sites for hydroxylation is 1. The molecule has 0 aliphatic carbocycles. The Morgan fingerprint density at radius 3 is 2.59 bits per heavy atom. The van der Waals surface area contributed by atoms with E-state index in [0.29, 0.717) is 12.1 Å². The van der Waals surface area contributed by atoms with Gasteiger partial charge in [-0.3, -0.25) is 4.79 Å². The Labute approximate surface area is 132 Å². The molecule has 3 rings (SSSR count). The van der Waals surface area contributed by atoms with Gasteiger partial charge in [0.2, 0.25) is 0 Å². The molecule has 4 heteroatoms. The van der Waals surface area contributed by atoms with Crippen molar-refractivity contribution in [2.24, 2.45) is 0 Å². The van der Waals surface area contributed by atoms with Crippen LogP contribution >= 0.6 is 11.3 Å². The Kier molecular flexibility index (Phi) is 3.90. The monoisotopic (exact) mass is 306 g/mol. The van der Waals surface area contributed by atoms with Crippen molar-refractivity contribution in [2.45, 2.75) is 13.5 Å². The number of hydrogen-bond donors (Lipinski definition) is 1. The standard InChI is InChI=1S/C18H14N2OS/c1-12-15-4-2-3-5-16(15)22-17(12)18(21)20-11-14-8-6-13(10-19)7-9-14/h2-9H,11H2,1H3,(H,20,21). The van der Waals surface area contributed by atoms with Gasteiger partial charge in [-0.1, -0.05) is 30.3 Å². The van der Waals surface area contributed by atoms with E-state index in [4.69, 9.17) is 5.26 Å². The van der Waals surface area contributed by atoms with E-state index in [-0.39, 0.29) is 5.91 Å². The van der Waals surface area contributed by atoms with Gasteiger partial charge < -0.3 is 5.32 Å². The number of nitriles is 1. The fourth-order valence-corrected chi connectivity index (χ4v) is 3.48. The minimum Gasteiger partial charge on any atom is -0.347 e. The largest absolute Gasteiger partial charge is 0.347 e. The third-order valence-electron chi connectivity index (χ3n) is 3.59. The van der Waals surface area contributed by atoms with Gasteiger partial charge in [0.25, 0.3) is 5.91 Å². The zero-order valence-electron chi connectivity index (χ0n) is 12.1. The zero-order chi connectivity index (χ0) is 15.5. The summed E-state index contributed by atoms with van der Waals surface area (Å²) in [5.41, 5.74) is 2.62. The van der Waals surface area contributed by atoms with Crippen molar-refractivity contribution >= 4 is 27.3 Å². The first-order valence-electron chi connectivity index (χ1n) is 6.94. The zero-order valence-corrected chi connectivity index (χ0v) is 12.9. The molecular formula is C18H14N2OS. The highest BCUT2D eigenvalue weighted by Gasteiger charge is 2.14. The van der Waals surface area contributed by atoms with Gasteiger partial charge in [-0.25, -0.2) is 0 Å². The Morgan fingerprint density at radius 1 is 1.18 bits per heavy atom. The Hall–Kier alpha value is -2.64. The molecule has 0 aliphatic rings. The molecule has 0 fully saturated rings. The molecule has 0 radical (unpaired) electrons. The Bertz CT molecular complexity index is 872. The third-order valence-corrected chi connectivity index (χ3v) is 4.86. The average Bonchev–Trinajstić information content (AvgIpc) is 2.90. The molecule has 0 bridgehead atoms. The highest BCUT2D eigenvalue weighted by atomic mass is 32.1. The molecule has 1 aromatic heterocycles. The number of amides is 1. The molecule has 0 saturated carbocycles. The summed E-state index contributed by atoms with van der Waals surface area (Å²) >= 11 is 1.52. The second-order valence-electron chi connectivity index (χ2n) is 5.04. The van der Waals surface area contributed by atoms with Crippen molar-refractivity contribution in [3.05, 3.63) is 70.1 Å². The van der Waals surface area contributed by atoms with E-state index in [1.165, 1.54) is 11.3 Å². The molecule has 3 nitrogen and oxygen atoms in total. The number of nitrogens with one attached hydrogen (secondary N) is 1. The number of carbonyl (C=O) groups is 1. The maximum atomic E-state index is 12.4. The lowest BCUT2D eigenvalue weighted by atomic mass is 10.1. The first kappa shape index (κ1) is 14.3. The van der Waals surface area contributed by atoms with Crippen LogP contribution < -0.4 is 5.32 Å². The lowest BCUT2D eigenvalue weighted by molar-refractivity contribution is 0.0954. The SMILES string of the molecule is Cc1c(C(=O)NCc2ccc(C#N)cc2)sc2ccccc12. The van der Waals surface area contributed by atoms with Crippen molar-refractivity contribution < 1.29 is 4.79 Å². The minimum atomic E-state index is -0.0527. The van der Waals surface area contributed by atoms with E-state index in [1.807, 2.05) is 43.3 Å². The second kappa shape index (κ2) is 6.00. The van der Waals surface area contributed by atoms with Gasteiger partial charge in [0.15, 0.2) is 0 Å². The predicted octanol–water partition coefficient (Wildman–Crippen LogP) is 4.01. The van der Waals surface area contributed by atoms with Gasteiger partial charge in [0, 0.05) is 11.2 Å². The Morgan fingerprint density at radius 2 is 1.91 bits per heavy atom. The summed E-state index contributed by atoms with van der Waals surface area (Å²) in [7, 11) is 0. The molecule has 0 aliphatic heterocycles. The predicted molar refractivity (Wildman–Crippen MR) is 88.9 cm³/mol. The summed E-state index contributed by atoms with van der Waals surface area (Å²) in [4.78, 5) is 13.1. The maximum absolute atomic E-state index is 12.4. The van der Waals surface area contributed by atoms with Crippen LogP contribution in [0, 0.1) is 18.3 Å². The van der Waals surface area contributed by atoms with E-state index >= 15 is 0 Å². The molecule has 1 N–H and O–H groups in total. The molecule has 0 saturated heterocycles. The van der Waals surface area contributed by atoms with Crippen LogP contribution in [0.4, 0.5) is 0 Å². The number of thiophene rings is 1. The Balaban J connectivity index is 1.75. The highest BCUT2D eigenvalue weighted by molar-refractivity contribution is 7.21. The molecule has 108 valence electrons. The summed E-state index contributed by atoms with van der Waals surface area (Å²) in [5.74, 6) is -0.0527. The maximum Gasteiger partial charge on any atom is 0.261 e. The fraction of sp³-hybridized carbons (Fsp3) is 0.111. The van der Waals surface area contributed by atoms with Crippen molar-refractivity contribution in [2.75, 3.05) is 0 Å². The topological polar surface area (TPSA) is 52.9 Å². The van der Waals surface area contributed by atoms with Crippen LogP contribution in [0.25, 0.3) is 10.1 Å². The molecule has 2 aromatic carbocycles. The summed E-state index contributed by atoms with van der Waals surface area (Å²) in [6.45, 7) is 2.44. The van der Waals surface area contributed by atoms with E-state index in [0.717, 1.165) is 26.1 Å². The summed E-state index contributed by atoms with van der Waals surface area (Å²) in [6, 6.07) is 17.4. The van der Waals surface area contributed by atoms with Crippen LogP contribution in [0.15, 0.2) is 48.5 Å². The van der Waals surface area contributed by atoms with E-state index in [1.54, 1.807) is 12.1 Å². The molecule has 1 amide bonds. The first-order valence-corrected chi connectivity index (χ1v) is 7.76. The van der Waals surface area contributed by atoms with Gasteiger partial charge >= 0.3 is 0 Å². The first-order chi connectivity index (χ1) is 10.7. The smallest absolute Gasteiger partial charge is 0.261 e. The molecule has 0 unspecified atom stereocenters. The van der Waals surface area contributed by atoms with Gasteiger partial charge in [0.1, 0.15) is 0 Å². The van der Waals surface area contributed by atoms with Crippen LogP contribution in [0.1, 0.15) is 26.4 Å². The van der Waals surface area contributed by atoms with E-state index < -0.39 is 0 Å². The highest BCUT2D eigenvalue weighted by Crippen LogP contribution is 2.30. The van der Waals surface area contributed by atoms with Crippen molar-refractivity contribution in [3.8, 4) is 6.07 Å². The number of carbonyl (C=O) groups excluding carboxylic acids is 1. The van der Waals surface area contributed by atoms with Gasteiger partial charge in [-0.2, -0.15) is 5.26 Å². The molecule has 22 heavy (non-hydrogen) atoms. The van der Waals surface area contributed by atoms with E-state index in [9.17, 15) is 4.79 Å². The molecule has 0 atom stereocenters. The summed E-state index contributed by atoms with van der Waals surface area (Å²) in [6.07, 6.45) is 0.